The lowest BCUT2D eigenvalue weighted by Gasteiger charge is -2.35. The fourth-order valence-corrected chi connectivity index (χ4v) is 4.01. The van der Waals surface area contributed by atoms with Gasteiger partial charge in [0, 0.05) is 33.8 Å². The van der Waals surface area contributed by atoms with E-state index in [9.17, 15) is 9.59 Å². The van der Waals surface area contributed by atoms with Gasteiger partial charge in [-0.3, -0.25) is 14.6 Å². The van der Waals surface area contributed by atoms with Crippen LogP contribution >= 0.6 is 15.9 Å². The van der Waals surface area contributed by atoms with E-state index in [0.29, 0.717) is 25.0 Å². The molecule has 25 heavy (non-hydrogen) atoms. The zero-order valence-electron chi connectivity index (χ0n) is 14.5. The van der Waals surface area contributed by atoms with Crippen molar-refractivity contribution in [2.24, 2.45) is 10.9 Å². The summed E-state index contributed by atoms with van der Waals surface area (Å²) in [6.07, 6.45) is 2.82. The molecule has 1 aromatic carbocycles. The lowest BCUT2D eigenvalue weighted by Crippen LogP contribution is -2.38. The Kier molecular flexibility index (Phi) is 5.52. The topological polar surface area (TPSA) is 55.7 Å². The Labute approximate surface area is 156 Å². The van der Waals surface area contributed by atoms with Crippen molar-refractivity contribution < 1.29 is 14.3 Å². The fourth-order valence-electron chi connectivity index (χ4n) is 3.75. The molecule has 1 aliphatic carbocycles. The summed E-state index contributed by atoms with van der Waals surface area (Å²) in [7, 11) is 0. The van der Waals surface area contributed by atoms with Crippen molar-refractivity contribution in [2.75, 3.05) is 6.61 Å². The third-order valence-corrected chi connectivity index (χ3v) is 5.37. The number of esters is 1. The number of ether oxygens (including phenoxy) is 1. The first-order valence-corrected chi connectivity index (χ1v) is 9.61. The summed E-state index contributed by atoms with van der Waals surface area (Å²) < 4.78 is 6.31. The second-order valence-corrected chi connectivity index (χ2v) is 7.27. The molecule has 0 aromatic heterocycles. The monoisotopic (exact) mass is 403 g/mol. The molecule has 2 aliphatic rings. The molecule has 0 amide bonds. The van der Waals surface area contributed by atoms with Gasteiger partial charge in [0.1, 0.15) is 5.92 Å². The first kappa shape index (κ1) is 18.1. The van der Waals surface area contributed by atoms with Crippen LogP contribution in [0.25, 0.3) is 0 Å². The van der Waals surface area contributed by atoms with E-state index in [1.807, 2.05) is 31.2 Å². The van der Waals surface area contributed by atoms with E-state index in [1.165, 1.54) is 0 Å². The average Bonchev–Trinajstić information content (AvgIpc) is 2.61. The van der Waals surface area contributed by atoms with Gasteiger partial charge in [0.25, 0.3) is 0 Å². The number of rotatable bonds is 4. The zero-order chi connectivity index (χ0) is 18.0. The summed E-state index contributed by atoms with van der Waals surface area (Å²) in [6, 6.07) is 7.85. The number of aliphatic imine (C=N–C) groups is 1. The van der Waals surface area contributed by atoms with Crippen LogP contribution in [0.3, 0.4) is 0 Å². The van der Waals surface area contributed by atoms with E-state index in [4.69, 9.17) is 9.73 Å². The molecule has 0 spiro atoms. The van der Waals surface area contributed by atoms with Gasteiger partial charge in [-0.15, -0.1) is 0 Å². The predicted octanol–water partition coefficient (Wildman–Crippen LogP) is 4.58. The summed E-state index contributed by atoms with van der Waals surface area (Å²) in [5.74, 6) is -1.00. The van der Waals surface area contributed by atoms with Gasteiger partial charge in [-0.1, -0.05) is 35.0 Å². The van der Waals surface area contributed by atoms with E-state index in [1.54, 1.807) is 6.92 Å². The predicted molar refractivity (Wildman–Crippen MR) is 101 cm³/mol. The Balaban J connectivity index is 2.16. The molecular formula is C20H22BrNO3. The number of nitrogens with zero attached hydrogens (tertiary/aromatic N) is 1. The second-order valence-electron chi connectivity index (χ2n) is 6.35. The van der Waals surface area contributed by atoms with E-state index >= 15 is 0 Å². The minimum Gasteiger partial charge on any atom is -0.465 e. The molecule has 1 aromatic rings. The van der Waals surface area contributed by atoms with E-state index in [2.05, 4.69) is 15.9 Å². The minimum absolute atomic E-state index is 0.113. The quantitative estimate of drug-likeness (QED) is 0.690. The third kappa shape index (κ3) is 3.47. The Morgan fingerprint density at radius 2 is 1.96 bits per heavy atom. The summed E-state index contributed by atoms with van der Waals surface area (Å²) in [5.41, 5.74) is 3.36. The maximum atomic E-state index is 12.8. The molecule has 4 nitrogen and oxygen atoms in total. The van der Waals surface area contributed by atoms with Crippen LogP contribution in [0.15, 0.2) is 45.0 Å². The molecule has 1 heterocycles. The van der Waals surface area contributed by atoms with Crippen LogP contribution in [0.2, 0.25) is 0 Å². The average molecular weight is 404 g/mol. The number of hydrogen-bond donors (Lipinski definition) is 0. The van der Waals surface area contributed by atoms with E-state index < -0.39 is 5.92 Å². The van der Waals surface area contributed by atoms with Gasteiger partial charge in [0.2, 0.25) is 0 Å². The molecule has 132 valence electrons. The Morgan fingerprint density at radius 3 is 2.60 bits per heavy atom. The van der Waals surface area contributed by atoms with E-state index in [-0.39, 0.29) is 17.7 Å². The molecule has 3 rings (SSSR count). The lowest BCUT2D eigenvalue weighted by atomic mass is 9.71. The van der Waals surface area contributed by atoms with Crippen molar-refractivity contribution in [1.82, 2.24) is 0 Å². The SMILES string of the molecule is CCOC(=O)C1C(CC)=NC2=C(C(=O)CCC2)[C@@H]1c1ccc(Br)cc1. The zero-order valence-corrected chi connectivity index (χ0v) is 16.1. The summed E-state index contributed by atoms with van der Waals surface area (Å²) in [5, 5.41) is 0. The number of ketones is 1. The van der Waals surface area contributed by atoms with Crippen molar-refractivity contribution in [3.05, 3.63) is 45.6 Å². The summed E-state index contributed by atoms with van der Waals surface area (Å²) >= 11 is 3.45. The number of allylic oxidation sites excluding steroid dienone is 2. The maximum absolute atomic E-state index is 12.8. The first-order chi connectivity index (χ1) is 12.1. The molecular weight excluding hydrogens is 382 g/mol. The lowest BCUT2D eigenvalue weighted by molar-refractivity contribution is -0.146. The highest BCUT2D eigenvalue weighted by molar-refractivity contribution is 9.10. The molecule has 0 radical (unpaired) electrons. The number of carbonyl (C=O) groups is 2. The molecule has 1 unspecified atom stereocenters. The Hall–Kier alpha value is -1.75. The van der Waals surface area contributed by atoms with Gasteiger partial charge in [-0.05, 0) is 43.9 Å². The minimum atomic E-state index is -0.521. The standard InChI is InChI=1S/C20H22BrNO3/c1-3-14-19(20(24)25-4-2)17(12-8-10-13(21)11-9-12)18-15(22-14)6-5-7-16(18)23/h8-11,17,19H,3-7H2,1-2H3/t17-,19?/m0/s1. The van der Waals surface area contributed by atoms with Crippen LogP contribution in [0, 0.1) is 5.92 Å². The van der Waals surface area contributed by atoms with Crippen LogP contribution in [0.1, 0.15) is 51.0 Å². The third-order valence-electron chi connectivity index (χ3n) is 4.84. The summed E-state index contributed by atoms with van der Waals surface area (Å²) in [6.45, 7) is 4.12. The smallest absolute Gasteiger partial charge is 0.315 e. The summed E-state index contributed by atoms with van der Waals surface area (Å²) in [4.78, 5) is 30.2. The molecule has 1 aliphatic heterocycles. The van der Waals surface area contributed by atoms with E-state index in [0.717, 1.165) is 34.3 Å². The first-order valence-electron chi connectivity index (χ1n) is 8.82. The van der Waals surface area contributed by atoms with Gasteiger partial charge in [-0.25, -0.2) is 0 Å². The molecule has 0 fully saturated rings. The van der Waals surface area contributed by atoms with Crippen molar-refractivity contribution in [3.63, 3.8) is 0 Å². The van der Waals surface area contributed by atoms with Gasteiger partial charge in [-0.2, -0.15) is 0 Å². The highest BCUT2D eigenvalue weighted by Gasteiger charge is 2.43. The van der Waals surface area contributed by atoms with Gasteiger partial charge >= 0.3 is 5.97 Å². The van der Waals surface area contributed by atoms with Gasteiger partial charge in [0.15, 0.2) is 5.78 Å². The number of benzene rings is 1. The molecule has 0 saturated heterocycles. The highest BCUT2D eigenvalue weighted by atomic mass is 79.9. The Morgan fingerprint density at radius 1 is 1.24 bits per heavy atom. The highest BCUT2D eigenvalue weighted by Crippen LogP contribution is 2.44. The molecule has 0 N–H and O–H groups in total. The largest absolute Gasteiger partial charge is 0.465 e. The second kappa shape index (κ2) is 7.65. The molecule has 0 saturated carbocycles. The fraction of sp³-hybridized carbons (Fsp3) is 0.450. The Bertz CT molecular complexity index is 749. The van der Waals surface area contributed by atoms with Gasteiger partial charge in [0.05, 0.1) is 6.61 Å². The van der Waals surface area contributed by atoms with Crippen LogP contribution in [0.4, 0.5) is 0 Å². The van der Waals surface area contributed by atoms with Crippen molar-refractivity contribution in [1.29, 1.82) is 0 Å². The van der Waals surface area contributed by atoms with Crippen LogP contribution in [-0.4, -0.2) is 24.1 Å². The molecule has 0 bridgehead atoms. The van der Waals surface area contributed by atoms with Gasteiger partial charge < -0.3 is 4.74 Å². The normalized spacial score (nSPS) is 23.2. The van der Waals surface area contributed by atoms with Crippen LogP contribution in [-0.2, 0) is 14.3 Å². The number of carbonyl (C=O) groups excluding carboxylic acids is 2. The number of hydrogen-bond acceptors (Lipinski definition) is 4. The number of halogens is 1. The van der Waals surface area contributed by atoms with Crippen LogP contribution in [0.5, 0.6) is 0 Å². The van der Waals surface area contributed by atoms with Crippen molar-refractivity contribution in [3.8, 4) is 0 Å². The maximum Gasteiger partial charge on any atom is 0.315 e. The molecule has 5 heteroatoms. The van der Waals surface area contributed by atoms with Crippen molar-refractivity contribution >= 4 is 33.4 Å². The van der Waals surface area contributed by atoms with Crippen LogP contribution < -0.4 is 0 Å². The number of Topliss-reactive ketones (excluding diaryl/α,β-unsaturated/α-hetero) is 1. The van der Waals surface area contributed by atoms with Crippen molar-refractivity contribution in [2.45, 2.75) is 45.4 Å². The molecule has 2 atom stereocenters.